The Morgan fingerprint density at radius 3 is 2.94 bits per heavy atom. The SMILES string of the molecule is N[C@H]1CCCc2c1cnn2-c1ncccn1. The lowest BCUT2D eigenvalue weighted by Crippen LogP contribution is -2.18. The van der Waals surface area contributed by atoms with Crippen LogP contribution in [0.3, 0.4) is 0 Å². The molecule has 0 spiro atoms. The van der Waals surface area contributed by atoms with E-state index in [1.54, 1.807) is 23.1 Å². The Balaban J connectivity index is 2.10. The monoisotopic (exact) mass is 215 g/mol. The molecule has 2 aromatic rings. The first-order valence-electron chi connectivity index (χ1n) is 5.46. The van der Waals surface area contributed by atoms with Gasteiger partial charge in [-0.1, -0.05) is 0 Å². The third-order valence-corrected chi connectivity index (χ3v) is 2.97. The van der Waals surface area contributed by atoms with E-state index >= 15 is 0 Å². The second-order valence-corrected chi connectivity index (χ2v) is 4.01. The van der Waals surface area contributed by atoms with E-state index < -0.39 is 0 Å². The minimum absolute atomic E-state index is 0.112. The van der Waals surface area contributed by atoms with Crippen molar-refractivity contribution in [1.82, 2.24) is 19.7 Å². The van der Waals surface area contributed by atoms with Gasteiger partial charge >= 0.3 is 0 Å². The molecule has 1 atom stereocenters. The molecule has 0 amide bonds. The van der Waals surface area contributed by atoms with Gasteiger partial charge < -0.3 is 5.73 Å². The quantitative estimate of drug-likeness (QED) is 0.770. The minimum atomic E-state index is 0.112. The highest BCUT2D eigenvalue weighted by molar-refractivity contribution is 5.29. The van der Waals surface area contributed by atoms with Crippen LogP contribution in [-0.4, -0.2) is 19.7 Å². The normalized spacial score (nSPS) is 19.4. The zero-order chi connectivity index (χ0) is 11.0. The molecule has 2 N–H and O–H groups in total. The maximum Gasteiger partial charge on any atom is 0.250 e. The fourth-order valence-corrected chi connectivity index (χ4v) is 2.16. The molecule has 0 radical (unpaired) electrons. The van der Waals surface area contributed by atoms with E-state index in [1.807, 2.05) is 6.20 Å². The summed E-state index contributed by atoms with van der Waals surface area (Å²) in [7, 11) is 0. The van der Waals surface area contributed by atoms with Gasteiger partial charge in [0, 0.05) is 24.0 Å². The van der Waals surface area contributed by atoms with Gasteiger partial charge in [0.25, 0.3) is 5.95 Å². The van der Waals surface area contributed by atoms with Gasteiger partial charge in [0.05, 0.1) is 11.9 Å². The van der Waals surface area contributed by atoms with Crippen LogP contribution in [0, 0.1) is 0 Å². The third kappa shape index (κ3) is 1.40. The summed E-state index contributed by atoms with van der Waals surface area (Å²) in [5.41, 5.74) is 8.34. The lowest BCUT2D eigenvalue weighted by atomic mass is 9.94. The highest BCUT2D eigenvalue weighted by Crippen LogP contribution is 2.28. The molecule has 1 aliphatic carbocycles. The Kier molecular flexibility index (Phi) is 2.18. The van der Waals surface area contributed by atoms with E-state index in [4.69, 9.17) is 5.73 Å². The fraction of sp³-hybridized carbons (Fsp3) is 0.364. The van der Waals surface area contributed by atoms with Crippen molar-refractivity contribution in [2.75, 3.05) is 0 Å². The van der Waals surface area contributed by atoms with Crippen molar-refractivity contribution < 1.29 is 0 Å². The average Bonchev–Trinajstić information content (AvgIpc) is 2.75. The number of hydrogen-bond donors (Lipinski definition) is 1. The number of fused-ring (bicyclic) bond motifs is 1. The van der Waals surface area contributed by atoms with Crippen LogP contribution in [-0.2, 0) is 6.42 Å². The van der Waals surface area contributed by atoms with Gasteiger partial charge in [-0.15, -0.1) is 0 Å². The van der Waals surface area contributed by atoms with Gasteiger partial charge in [-0.3, -0.25) is 0 Å². The molecular formula is C11H13N5. The van der Waals surface area contributed by atoms with Crippen molar-refractivity contribution in [3.05, 3.63) is 35.9 Å². The van der Waals surface area contributed by atoms with Gasteiger partial charge in [-0.25, -0.2) is 14.6 Å². The molecule has 16 heavy (non-hydrogen) atoms. The van der Waals surface area contributed by atoms with E-state index in [0.717, 1.165) is 30.5 Å². The summed E-state index contributed by atoms with van der Waals surface area (Å²) in [6.45, 7) is 0. The van der Waals surface area contributed by atoms with Crippen molar-refractivity contribution in [2.45, 2.75) is 25.3 Å². The van der Waals surface area contributed by atoms with Crippen LogP contribution in [0.4, 0.5) is 0 Å². The van der Waals surface area contributed by atoms with Crippen LogP contribution >= 0.6 is 0 Å². The summed E-state index contributed by atoms with van der Waals surface area (Å²) in [5, 5.41) is 4.33. The smallest absolute Gasteiger partial charge is 0.250 e. The second kappa shape index (κ2) is 3.68. The van der Waals surface area contributed by atoms with E-state index in [9.17, 15) is 0 Å². The molecule has 2 aromatic heterocycles. The van der Waals surface area contributed by atoms with E-state index in [2.05, 4.69) is 15.1 Å². The Morgan fingerprint density at radius 1 is 1.31 bits per heavy atom. The average molecular weight is 215 g/mol. The summed E-state index contributed by atoms with van der Waals surface area (Å²) in [6.07, 6.45) is 8.43. The summed E-state index contributed by atoms with van der Waals surface area (Å²) in [6, 6.07) is 1.91. The second-order valence-electron chi connectivity index (χ2n) is 4.01. The minimum Gasteiger partial charge on any atom is -0.324 e. The maximum atomic E-state index is 6.04. The van der Waals surface area contributed by atoms with Gasteiger partial charge in [0.2, 0.25) is 0 Å². The fourth-order valence-electron chi connectivity index (χ4n) is 2.16. The summed E-state index contributed by atoms with van der Waals surface area (Å²) >= 11 is 0. The lowest BCUT2D eigenvalue weighted by molar-refractivity contribution is 0.555. The van der Waals surface area contributed by atoms with Crippen LogP contribution < -0.4 is 5.73 Å². The highest BCUT2D eigenvalue weighted by Gasteiger charge is 2.22. The Hall–Kier alpha value is -1.75. The number of rotatable bonds is 1. The largest absolute Gasteiger partial charge is 0.324 e. The molecule has 0 saturated carbocycles. The van der Waals surface area contributed by atoms with Crippen LogP contribution in [0.15, 0.2) is 24.7 Å². The number of nitrogens with two attached hydrogens (primary N) is 1. The van der Waals surface area contributed by atoms with Gasteiger partial charge in [0.1, 0.15) is 0 Å². The highest BCUT2D eigenvalue weighted by atomic mass is 15.3. The molecule has 1 aliphatic rings. The predicted molar refractivity (Wildman–Crippen MR) is 59.0 cm³/mol. The van der Waals surface area contributed by atoms with Crippen molar-refractivity contribution in [3.8, 4) is 5.95 Å². The molecule has 0 aromatic carbocycles. The van der Waals surface area contributed by atoms with Gasteiger partial charge in [-0.05, 0) is 25.3 Å². The first-order valence-corrected chi connectivity index (χ1v) is 5.46. The zero-order valence-electron chi connectivity index (χ0n) is 8.87. The molecule has 5 nitrogen and oxygen atoms in total. The number of nitrogens with zero attached hydrogens (tertiary/aromatic N) is 4. The molecule has 5 heteroatoms. The molecule has 82 valence electrons. The Labute approximate surface area is 93.3 Å². The van der Waals surface area contributed by atoms with E-state index in [-0.39, 0.29) is 6.04 Å². The lowest BCUT2D eigenvalue weighted by Gasteiger charge is -2.18. The Morgan fingerprint density at radius 2 is 2.12 bits per heavy atom. The van der Waals surface area contributed by atoms with Crippen molar-refractivity contribution in [3.63, 3.8) is 0 Å². The molecule has 0 unspecified atom stereocenters. The van der Waals surface area contributed by atoms with E-state index in [0.29, 0.717) is 5.95 Å². The van der Waals surface area contributed by atoms with Crippen LogP contribution in [0.25, 0.3) is 5.95 Å². The first kappa shape index (κ1) is 9.47. The number of hydrogen-bond acceptors (Lipinski definition) is 4. The number of aromatic nitrogens is 4. The van der Waals surface area contributed by atoms with Crippen LogP contribution in [0.2, 0.25) is 0 Å². The summed E-state index contributed by atoms with van der Waals surface area (Å²) in [5.74, 6) is 0.623. The molecule has 2 heterocycles. The molecular weight excluding hydrogens is 202 g/mol. The van der Waals surface area contributed by atoms with Crippen molar-refractivity contribution >= 4 is 0 Å². The standard InChI is InChI=1S/C11H13N5/c12-9-3-1-4-10-8(9)7-15-16(10)11-13-5-2-6-14-11/h2,5-7,9H,1,3-4,12H2/t9-/m0/s1. The van der Waals surface area contributed by atoms with Gasteiger partial charge in [0.15, 0.2) is 0 Å². The van der Waals surface area contributed by atoms with Crippen LogP contribution in [0.1, 0.15) is 30.1 Å². The van der Waals surface area contributed by atoms with Crippen molar-refractivity contribution in [1.29, 1.82) is 0 Å². The molecule has 0 saturated heterocycles. The van der Waals surface area contributed by atoms with Crippen molar-refractivity contribution in [2.24, 2.45) is 5.73 Å². The third-order valence-electron chi connectivity index (χ3n) is 2.97. The first-order chi connectivity index (χ1) is 7.86. The molecule has 0 aliphatic heterocycles. The van der Waals surface area contributed by atoms with Crippen LogP contribution in [0.5, 0.6) is 0 Å². The molecule has 3 rings (SSSR count). The molecule has 0 fully saturated rings. The maximum absolute atomic E-state index is 6.04. The summed E-state index contributed by atoms with van der Waals surface area (Å²) in [4.78, 5) is 8.41. The van der Waals surface area contributed by atoms with E-state index in [1.165, 1.54) is 0 Å². The zero-order valence-corrected chi connectivity index (χ0v) is 8.87. The van der Waals surface area contributed by atoms with Gasteiger partial charge in [-0.2, -0.15) is 5.10 Å². The summed E-state index contributed by atoms with van der Waals surface area (Å²) < 4.78 is 1.80. The Bertz CT molecular complexity index is 490. The predicted octanol–water partition coefficient (Wildman–Crippen LogP) is 0.998. The molecule has 0 bridgehead atoms. The topological polar surface area (TPSA) is 69.6 Å².